The van der Waals surface area contributed by atoms with Crippen molar-refractivity contribution < 1.29 is 14.6 Å². The highest BCUT2D eigenvalue weighted by atomic mass is 16.6. The van der Waals surface area contributed by atoms with E-state index in [-0.39, 0.29) is 6.09 Å². The van der Waals surface area contributed by atoms with E-state index in [9.17, 15) is 9.90 Å². The number of carbonyl (C=O) groups excluding carboxylic acids is 1. The lowest BCUT2D eigenvalue weighted by molar-refractivity contribution is -0.00705. The van der Waals surface area contributed by atoms with Crippen LogP contribution in [-0.2, 0) is 4.74 Å². The number of likely N-dealkylation sites (tertiary alicyclic amines) is 2. The zero-order chi connectivity index (χ0) is 16.4. The monoisotopic (exact) mass is 308 g/mol. The van der Waals surface area contributed by atoms with Gasteiger partial charge in [-0.1, -0.05) is 5.92 Å². The minimum absolute atomic E-state index is 0.216. The third-order valence-corrected chi connectivity index (χ3v) is 4.53. The summed E-state index contributed by atoms with van der Waals surface area (Å²) in [5.74, 6) is 2.51. The number of ether oxygens (including phenoxy) is 1. The van der Waals surface area contributed by atoms with Crippen molar-refractivity contribution >= 4 is 6.09 Å². The average molecular weight is 308 g/mol. The largest absolute Gasteiger partial charge is 0.444 e. The van der Waals surface area contributed by atoms with Gasteiger partial charge in [0, 0.05) is 45.1 Å². The molecule has 2 fully saturated rings. The zero-order valence-corrected chi connectivity index (χ0v) is 14.0. The Labute approximate surface area is 133 Å². The van der Waals surface area contributed by atoms with E-state index in [4.69, 9.17) is 11.2 Å². The second-order valence-electron chi connectivity index (χ2n) is 7.41. The Bertz CT molecular complexity index is 434. The van der Waals surface area contributed by atoms with Crippen molar-refractivity contribution in [3.8, 4) is 12.3 Å². The molecule has 0 aromatic heterocycles. The van der Waals surface area contributed by atoms with Crippen molar-refractivity contribution in [3.05, 3.63) is 0 Å². The first kappa shape index (κ1) is 17.1. The summed E-state index contributed by atoms with van der Waals surface area (Å²) in [5.41, 5.74) is -1.37. The van der Waals surface area contributed by atoms with Crippen molar-refractivity contribution in [3.63, 3.8) is 0 Å². The highest BCUT2D eigenvalue weighted by molar-refractivity contribution is 5.68. The molecule has 2 rings (SSSR count). The minimum atomic E-state index is -0.923. The molecule has 1 amide bonds. The molecule has 5 heteroatoms. The molecule has 2 saturated heterocycles. The predicted octanol–water partition coefficient (Wildman–Crippen LogP) is 1.85. The van der Waals surface area contributed by atoms with Gasteiger partial charge in [0.1, 0.15) is 11.2 Å². The van der Waals surface area contributed by atoms with E-state index in [1.807, 2.05) is 20.8 Å². The van der Waals surface area contributed by atoms with Crippen molar-refractivity contribution in [1.29, 1.82) is 0 Å². The number of nitrogens with zero attached hydrogens (tertiary/aromatic N) is 2. The predicted molar refractivity (Wildman–Crippen MR) is 85.4 cm³/mol. The van der Waals surface area contributed by atoms with E-state index in [1.165, 1.54) is 0 Å². The molecule has 0 unspecified atom stereocenters. The molecule has 0 saturated carbocycles. The maximum atomic E-state index is 12.1. The SMILES string of the molecule is C#CC1(O)CCN(C2CCN(C(=O)OC(C)(C)C)CC2)CC1. The molecule has 2 aliphatic rings. The van der Waals surface area contributed by atoms with Crippen molar-refractivity contribution in [2.45, 2.75) is 63.7 Å². The van der Waals surface area contributed by atoms with Crippen LogP contribution in [0.1, 0.15) is 46.5 Å². The maximum absolute atomic E-state index is 12.1. The van der Waals surface area contributed by atoms with Crippen molar-refractivity contribution in [1.82, 2.24) is 9.80 Å². The Morgan fingerprint density at radius 2 is 1.77 bits per heavy atom. The van der Waals surface area contributed by atoms with Crippen LogP contribution in [0.15, 0.2) is 0 Å². The van der Waals surface area contributed by atoms with Crippen LogP contribution in [0.2, 0.25) is 0 Å². The van der Waals surface area contributed by atoms with E-state index >= 15 is 0 Å². The number of carbonyl (C=O) groups is 1. The minimum Gasteiger partial charge on any atom is -0.444 e. The molecule has 0 aromatic rings. The lowest BCUT2D eigenvalue weighted by Crippen LogP contribution is -2.52. The number of aliphatic hydroxyl groups is 1. The van der Waals surface area contributed by atoms with Gasteiger partial charge in [0.05, 0.1) is 0 Å². The molecular formula is C17H28N2O3. The van der Waals surface area contributed by atoms with E-state index in [1.54, 1.807) is 4.90 Å². The molecule has 0 aliphatic carbocycles. The van der Waals surface area contributed by atoms with Gasteiger partial charge in [-0.25, -0.2) is 4.79 Å². The Morgan fingerprint density at radius 1 is 1.23 bits per heavy atom. The van der Waals surface area contributed by atoms with Gasteiger partial charge in [-0.2, -0.15) is 0 Å². The van der Waals surface area contributed by atoms with Gasteiger partial charge < -0.3 is 14.7 Å². The first-order chi connectivity index (χ1) is 10.2. The number of hydrogen-bond acceptors (Lipinski definition) is 4. The zero-order valence-electron chi connectivity index (χ0n) is 14.0. The van der Waals surface area contributed by atoms with Crippen LogP contribution in [-0.4, -0.2) is 64.4 Å². The average Bonchev–Trinajstić information content (AvgIpc) is 2.46. The summed E-state index contributed by atoms with van der Waals surface area (Å²) in [6.07, 6.45) is 8.34. The van der Waals surface area contributed by atoms with E-state index < -0.39 is 11.2 Å². The molecule has 0 aromatic carbocycles. The van der Waals surface area contributed by atoms with Crippen LogP contribution in [0.3, 0.4) is 0 Å². The Kier molecular flexibility index (Phi) is 5.03. The van der Waals surface area contributed by atoms with Gasteiger partial charge in [0.2, 0.25) is 0 Å². The lowest BCUT2D eigenvalue weighted by Gasteiger charge is -2.43. The van der Waals surface area contributed by atoms with Gasteiger partial charge in [0.25, 0.3) is 0 Å². The third-order valence-electron chi connectivity index (χ3n) is 4.53. The Morgan fingerprint density at radius 3 is 2.23 bits per heavy atom. The molecule has 22 heavy (non-hydrogen) atoms. The highest BCUT2D eigenvalue weighted by Crippen LogP contribution is 2.26. The summed E-state index contributed by atoms with van der Waals surface area (Å²) in [6.45, 7) is 8.79. The van der Waals surface area contributed by atoms with Crippen LogP contribution in [0.25, 0.3) is 0 Å². The number of hydrogen-bond donors (Lipinski definition) is 1. The summed E-state index contributed by atoms with van der Waals surface area (Å²) in [5, 5.41) is 10.1. The quantitative estimate of drug-likeness (QED) is 0.751. The molecule has 0 spiro atoms. The summed E-state index contributed by atoms with van der Waals surface area (Å²) < 4.78 is 5.42. The first-order valence-electron chi connectivity index (χ1n) is 8.14. The molecule has 1 N–H and O–H groups in total. The van der Waals surface area contributed by atoms with Gasteiger partial charge in [-0.05, 0) is 33.6 Å². The fraction of sp³-hybridized carbons (Fsp3) is 0.824. The summed E-state index contributed by atoms with van der Waals surface area (Å²) in [4.78, 5) is 16.3. The molecule has 2 heterocycles. The van der Waals surface area contributed by atoms with Crippen LogP contribution in [0.5, 0.6) is 0 Å². The number of terminal acetylenes is 1. The molecule has 0 atom stereocenters. The Hall–Kier alpha value is -1.25. The van der Waals surface area contributed by atoms with Crippen LogP contribution in [0.4, 0.5) is 4.79 Å². The van der Waals surface area contributed by atoms with E-state index in [0.717, 1.165) is 39.0 Å². The molecule has 124 valence electrons. The fourth-order valence-electron chi connectivity index (χ4n) is 3.14. The highest BCUT2D eigenvalue weighted by Gasteiger charge is 2.35. The van der Waals surface area contributed by atoms with Crippen molar-refractivity contribution in [2.24, 2.45) is 0 Å². The molecule has 5 nitrogen and oxygen atoms in total. The molecule has 0 bridgehead atoms. The number of amides is 1. The summed E-state index contributed by atoms with van der Waals surface area (Å²) >= 11 is 0. The summed E-state index contributed by atoms with van der Waals surface area (Å²) in [7, 11) is 0. The molecular weight excluding hydrogens is 280 g/mol. The number of piperidine rings is 2. The van der Waals surface area contributed by atoms with Crippen molar-refractivity contribution in [2.75, 3.05) is 26.2 Å². The van der Waals surface area contributed by atoms with Crippen LogP contribution >= 0.6 is 0 Å². The van der Waals surface area contributed by atoms with Crippen LogP contribution < -0.4 is 0 Å². The smallest absolute Gasteiger partial charge is 0.410 e. The fourth-order valence-corrected chi connectivity index (χ4v) is 3.14. The van der Waals surface area contributed by atoms with E-state index in [2.05, 4.69) is 10.8 Å². The third kappa shape index (κ3) is 4.37. The number of rotatable bonds is 1. The van der Waals surface area contributed by atoms with E-state index in [0.29, 0.717) is 18.9 Å². The topological polar surface area (TPSA) is 53.0 Å². The van der Waals surface area contributed by atoms with Crippen LogP contribution in [0, 0.1) is 12.3 Å². The van der Waals surface area contributed by atoms with Gasteiger partial charge in [-0.15, -0.1) is 6.42 Å². The maximum Gasteiger partial charge on any atom is 0.410 e. The first-order valence-corrected chi connectivity index (χ1v) is 8.14. The Balaban J connectivity index is 1.79. The standard InChI is InChI=1S/C17H28N2O3/c1-5-17(21)8-12-18(13-9-17)14-6-10-19(11-7-14)15(20)22-16(2,3)4/h1,14,21H,6-13H2,2-4H3. The lowest BCUT2D eigenvalue weighted by atomic mass is 9.90. The van der Waals surface area contributed by atoms with Gasteiger partial charge in [-0.3, -0.25) is 4.90 Å². The van der Waals surface area contributed by atoms with Gasteiger partial charge >= 0.3 is 6.09 Å². The second kappa shape index (κ2) is 6.47. The molecule has 2 aliphatic heterocycles. The van der Waals surface area contributed by atoms with Gasteiger partial charge in [0.15, 0.2) is 0 Å². The summed E-state index contributed by atoms with van der Waals surface area (Å²) in [6, 6.07) is 0.473. The normalized spacial score (nSPS) is 23.9. The molecule has 0 radical (unpaired) electrons. The second-order valence-corrected chi connectivity index (χ2v) is 7.41.